The average molecular weight is 209 g/mol. The van der Waals surface area contributed by atoms with Crippen LogP contribution in [0.25, 0.3) is 0 Å². The summed E-state index contributed by atoms with van der Waals surface area (Å²) < 4.78 is 4.60. The highest BCUT2D eigenvalue weighted by Crippen LogP contribution is 2.04. The van der Waals surface area contributed by atoms with Crippen molar-refractivity contribution in [1.82, 2.24) is 15.4 Å². The number of nitrogens with one attached hydrogen (secondary N) is 1. The summed E-state index contributed by atoms with van der Waals surface area (Å²) >= 11 is 0. The Balaban J connectivity index is 2.04. The number of rotatable bonds is 1. The smallest absolute Gasteiger partial charge is 0.276 e. The Morgan fingerprint density at radius 3 is 3.13 bits per heavy atom. The molecule has 0 radical (unpaired) electrons. The van der Waals surface area contributed by atoms with Crippen LogP contribution < -0.4 is 5.32 Å². The predicted octanol–water partition coefficient (Wildman–Crippen LogP) is -0.363. The van der Waals surface area contributed by atoms with Gasteiger partial charge in [0.05, 0.1) is 0 Å². The third kappa shape index (κ3) is 2.15. The maximum atomic E-state index is 11.8. The van der Waals surface area contributed by atoms with Gasteiger partial charge in [-0.25, -0.2) is 0 Å². The predicted molar refractivity (Wildman–Crippen MR) is 50.0 cm³/mol. The van der Waals surface area contributed by atoms with Gasteiger partial charge in [0, 0.05) is 32.1 Å². The van der Waals surface area contributed by atoms with Gasteiger partial charge in [0.1, 0.15) is 6.26 Å². The number of carbonyl (C=O) groups excluding carboxylic acids is 2. The first-order valence-electron chi connectivity index (χ1n) is 4.74. The number of carbonyl (C=O) groups is 2. The summed E-state index contributed by atoms with van der Waals surface area (Å²) in [4.78, 5) is 24.4. The van der Waals surface area contributed by atoms with E-state index in [0.29, 0.717) is 26.1 Å². The van der Waals surface area contributed by atoms with Gasteiger partial charge in [0.25, 0.3) is 5.91 Å². The first-order valence-corrected chi connectivity index (χ1v) is 4.74. The molecule has 0 aromatic carbocycles. The molecule has 0 bridgehead atoms. The van der Waals surface area contributed by atoms with Crippen molar-refractivity contribution in [1.29, 1.82) is 0 Å². The lowest BCUT2D eigenvalue weighted by Crippen LogP contribution is -2.34. The third-order valence-corrected chi connectivity index (χ3v) is 2.26. The zero-order valence-corrected chi connectivity index (χ0v) is 8.10. The first-order chi connectivity index (χ1) is 7.27. The Bertz CT molecular complexity index is 361. The molecule has 80 valence electrons. The Kier molecular flexibility index (Phi) is 2.66. The molecule has 1 N–H and O–H groups in total. The number of nitrogens with zero attached hydrogens (tertiary/aromatic N) is 2. The standard InChI is InChI=1S/C9H11N3O3/c13-8-1-4-12(5-3-10-8)9(14)7-2-6-15-11-7/h2,6H,1,3-5H2,(H,10,13). The molecule has 0 spiro atoms. The largest absolute Gasteiger partial charge is 0.364 e. The lowest BCUT2D eigenvalue weighted by atomic mass is 10.3. The molecule has 2 rings (SSSR count). The molecule has 1 aromatic rings. The van der Waals surface area contributed by atoms with E-state index in [-0.39, 0.29) is 17.5 Å². The van der Waals surface area contributed by atoms with Gasteiger partial charge in [-0.2, -0.15) is 0 Å². The van der Waals surface area contributed by atoms with Gasteiger partial charge in [-0.05, 0) is 0 Å². The summed E-state index contributed by atoms with van der Waals surface area (Å²) in [6.45, 7) is 1.43. The van der Waals surface area contributed by atoms with Crippen molar-refractivity contribution in [2.45, 2.75) is 6.42 Å². The quantitative estimate of drug-likeness (QED) is 0.685. The fourth-order valence-electron chi connectivity index (χ4n) is 1.45. The average Bonchev–Trinajstić information content (AvgIpc) is 2.67. The molecule has 1 aliphatic rings. The van der Waals surface area contributed by atoms with Crippen molar-refractivity contribution < 1.29 is 14.1 Å². The molecule has 0 saturated carbocycles. The Morgan fingerprint density at radius 1 is 1.53 bits per heavy atom. The Labute approximate surface area is 86.2 Å². The van der Waals surface area contributed by atoms with Gasteiger partial charge in [0.15, 0.2) is 5.69 Å². The van der Waals surface area contributed by atoms with Crippen molar-refractivity contribution in [3.63, 3.8) is 0 Å². The molecule has 2 heterocycles. The van der Waals surface area contributed by atoms with E-state index in [4.69, 9.17) is 0 Å². The molecule has 15 heavy (non-hydrogen) atoms. The van der Waals surface area contributed by atoms with Gasteiger partial charge in [-0.3, -0.25) is 9.59 Å². The highest BCUT2D eigenvalue weighted by molar-refractivity contribution is 5.92. The van der Waals surface area contributed by atoms with Crippen LogP contribution >= 0.6 is 0 Å². The number of hydrogen-bond donors (Lipinski definition) is 1. The zero-order chi connectivity index (χ0) is 10.7. The summed E-state index contributed by atoms with van der Waals surface area (Å²) in [6, 6.07) is 1.52. The van der Waals surface area contributed by atoms with E-state index in [2.05, 4.69) is 15.0 Å². The van der Waals surface area contributed by atoms with Gasteiger partial charge < -0.3 is 14.7 Å². The molecule has 1 saturated heterocycles. The van der Waals surface area contributed by atoms with E-state index >= 15 is 0 Å². The van der Waals surface area contributed by atoms with Crippen LogP contribution in [0.3, 0.4) is 0 Å². The molecule has 1 fully saturated rings. The van der Waals surface area contributed by atoms with E-state index in [1.54, 1.807) is 4.90 Å². The van der Waals surface area contributed by atoms with Crippen LogP contribution in [0.15, 0.2) is 16.9 Å². The van der Waals surface area contributed by atoms with Gasteiger partial charge in [-0.15, -0.1) is 0 Å². The van der Waals surface area contributed by atoms with E-state index in [1.165, 1.54) is 12.3 Å². The van der Waals surface area contributed by atoms with Crippen LogP contribution in [0.2, 0.25) is 0 Å². The van der Waals surface area contributed by atoms with Crippen LogP contribution in [0.4, 0.5) is 0 Å². The highest BCUT2D eigenvalue weighted by Gasteiger charge is 2.21. The van der Waals surface area contributed by atoms with E-state index in [9.17, 15) is 9.59 Å². The molecule has 0 unspecified atom stereocenters. The summed E-state index contributed by atoms with van der Waals surface area (Å²) in [6.07, 6.45) is 1.69. The number of amides is 2. The van der Waals surface area contributed by atoms with E-state index < -0.39 is 0 Å². The maximum absolute atomic E-state index is 11.8. The van der Waals surface area contributed by atoms with Crippen molar-refractivity contribution in [3.05, 3.63) is 18.0 Å². The fraction of sp³-hybridized carbons (Fsp3) is 0.444. The summed E-state index contributed by atoms with van der Waals surface area (Å²) in [5.74, 6) is -0.217. The maximum Gasteiger partial charge on any atom is 0.276 e. The van der Waals surface area contributed by atoms with Crippen molar-refractivity contribution in [2.75, 3.05) is 19.6 Å². The molecule has 6 heteroatoms. The van der Waals surface area contributed by atoms with Crippen LogP contribution in [0.1, 0.15) is 16.9 Å². The lowest BCUT2D eigenvalue weighted by molar-refractivity contribution is -0.120. The molecular formula is C9H11N3O3. The molecule has 0 atom stereocenters. The minimum atomic E-state index is -0.194. The topological polar surface area (TPSA) is 75.4 Å². The van der Waals surface area contributed by atoms with Crippen molar-refractivity contribution in [3.8, 4) is 0 Å². The second-order valence-electron chi connectivity index (χ2n) is 3.28. The van der Waals surface area contributed by atoms with Crippen LogP contribution in [0, 0.1) is 0 Å². The monoisotopic (exact) mass is 209 g/mol. The Morgan fingerprint density at radius 2 is 2.40 bits per heavy atom. The number of hydrogen-bond acceptors (Lipinski definition) is 4. The van der Waals surface area contributed by atoms with Crippen LogP contribution in [-0.4, -0.2) is 41.5 Å². The normalized spacial score (nSPS) is 17.1. The zero-order valence-electron chi connectivity index (χ0n) is 8.10. The van der Waals surface area contributed by atoms with Gasteiger partial charge in [-0.1, -0.05) is 5.16 Å². The fourth-order valence-corrected chi connectivity index (χ4v) is 1.45. The second-order valence-corrected chi connectivity index (χ2v) is 3.28. The van der Waals surface area contributed by atoms with Crippen LogP contribution in [-0.2, 0) is 4.79 Å². The summed E-state index contributed by atoms with van der Waals surface area (Å²) in [7, 11) is 0. The third-order valence-electron chi connectivity index (χ3n) is 2.26. The van der Waals surface area contributed by atoms with E-state index in [0.717, 1.165) is 0 Å². The highest BCUT2D eigenvalue weighted by atomic mass is 16.5. The molecule has 2 amide bonds. The minimum absolute atomic E-state index is 0.0227. The number of aromatic nitrogens is 1. The summed E-state index contributed by atoms with van der Waals surface area (Å²) in [5, 5.41) is 6.27. The SMILES string of the molecule is O=C1CCN(C(=O)c2ccon2)CCN1. The van der Waals surface area contributed by atoms with Crippen LogP contribution in [0.5, 0.6) is 0 Å². The van der Waals surface area contributed by atoms with Gasteiger partial charge >= 0.3 is 0 Å². The molecular weight excluding hydrogens is 198 g/mol. The van der Waals surface area contributed by atoms with Gasteiger partial charge in [0.2, 0.25) is 5.91 Å². The molecule has 1 aromatic heterocycles. The van der Waals surface area contributed by atoms with Crippen molar-refractivity contribution >= 4 is 11.8 Å². The van der Waals surface area contributed by atoms with Crippen molar-refractivity contribution in [2.24, 2.45) is 0 Å². The second kappa shape index (κ2) is 4.12. The van der Waals surface area contributed by atoms with E-state index in [1.807, 2.05) is 0 Å². The first kappa shape index (κ1) is 9.70. The molecule has 1 aliphatic heterocycles. The molecule has 0 aliphatic carbocycles. The Hall–Kier alpha value is -1.85. The molecule has 6 nitrogen and oxygen atoms in total. The summed E-state index contributed by atoms with van der Waals surface area (Å²) in [5.41, 5.74) is 0.282. The lowest BCUT2D eigenvalue weighted by Gasteiger charge is -2.17. The minimum Gasteiger partial charge on any atom is -0.364 e.